The number of nitrogens with one attached hydrogen (secondary N) is 1. The lowest BCUT2D eigenvalue weighted by atomic mass is 9.67. The van der Waals surface area contributed by atoms with Crippen LogP contribution in [0.5, 0.6) is 0 Å². The Balaban J connectivity index is 1.97. The summed E-state index contributed by atoms with van der Waals surface area (Å²) in [6.45, 7) is 7.17. The third-order valence-corrected chi connectivity index (χ3v) is 6.13. The number of carbonyl (C=O) groups excluding carboxylic acids is 3. The minimum atomic E-state index is -1.23. The molecule has 8 nitrogen and oxygen atoms in total. The summed E-state index contributed by atoms with van der Waals surface area (Å²) in [6.07, 6.45) is 1.83. The van der Waals surface area contributed by atoms with Crippen molar-refractivity contribution in [3.8, 4) is 0 Å². The fourth-order valence-electron chi connectivity index (χ4n) is 3.23. The molecule has 0 saturated heterocycles. The summed E-state index contributed by atoms with van der Waals surface area (Å²) < 4.78 is 32.1. The van der Waals surface area contributed by atoms with Crippen molar-refractivity contribution < 1.29 is 27.9 Å². The quantitative estimate of drug-likeness (QED) is 0.425. The lowest BCUT2D eigenvalue weighted by molar-refractivity contribution is -0.152. The first-order valence-corrected chi connectivity index (χ1v) is 10.5. The van der Waals surface area contributed by atoms with E-state index in [2.05, 4.69) is 15.3 Å². The van der Waals surface area contributed by atoms with Crippen LogP contribution in [0.3, 0.4) is 0 Å². The summed E-state index contributed by atoms with van der Waals surface area (Å²) in [4.78, 5) is 45.9. The van der Waals surface area contributed by atoms with Crippen LogP contribution in [-0.2, 0) is 14.3 Å². The zero-order chi connectivity index (χ0) is 22.9. The van der Waals surface area contributed by atoms with E-state index >= 15 is 0 Å². The Kier molecular flexibility index (Phi) is 6.35. The summed E-state index contributed by atoms with van der Waals surface area (Å²) in [5, 5.41) is 2.83. The van der Waals surface area contributed by atoms with Gasteiger partial charge in [0.05, 0.1) is 12.3 Å². The molecule has 1 atom stereocenters. The molecule has 3 rings (SSSR count). The number of hydrogen-bond acceptors (Lipinski definition) is 7. The molecule has 0 aliphatic heterocycles. The number of halogens is 2. The minimum Gasteiger partial charge on any atom is -0.459 e. The van der Waals surface area contributed by atoms with Crippen LogP contribution in [0.1, 0.15) is 49.0 Å². The molecule has 2 amide bonds. The molecular formula is C20H22F2N4O4S. The summed E-state index contributed by atoms with van der Waals surface area (Å²) in [6, 6.07) is 1.56. The molecule has 0 radical (unpaired) electrons. The van der Waals surface area contributed by atoms with Gasteiger partial charge < -0.3 is 10.1 Å². The number of anilines is 2. The predicted molar refractivity (Wildman–Crippen MR) is 109 cm³/mol. The van der Waals surface area contributed by atoms with Gasteiger partial charge in [-0.2, -0.15) is 13.8 Å². The van der Waals surface area contributed by atoms with Crippen LogP contribution in [-0.4, -0.2) is 40.4 Å². The molecule has 166 valence electrons. The van der Waals surface area contributed by atoms with Gasteiger partial charge in [0.1, 0.15) is 5.69 Å². The molecule has 1 N–H and O–H groups in total. The van der Waals surface area contributed by atoms with E-state index in [-0.39, 0.29) is 34.6 Å². The summed E-state index contributed by atoms with van der Waals surface area (Å²) in [5.74, 6) is -5.22. The average Bonchev–Trinajstić information content (AvgIpc) is 3.06. The molecular weight excluding hydrogens is 430 g/mol. The molecule has 2 aromatic heterocycles. The lowest BCUT2D eigenvalue weighted by Crippen LogP contribution is -2.52. The van der Waals surface area contributed by atoms with Crippen molar-refractivity contribution >= 4 is 39.9 Å². The van der Waals surface area contributed by atoms with E-state index in [1.54, 1.807) is 6.92 Å². The van der Waals surface area contributed by atoms with Gasteiger partial charge in [0, 0.05) is 23.1 Å². The van der Waals surface area contributed by atoms with Crippen LogP contribution in [0.2, 0.25) is 0 Å². The summed E-state index contributed by atoms with van der Waals surface area (Å²) in [5.41, 5.74) is -0.260. The van der Waals surface area contributed by atoms with Crippen LogP contribution in [0.4, 0.5) is 19.6 Å². The fourth-order valence-corrected chi connectivity index (χ4v) is 4.15. The van der Waals surface area contributed by atoms with Gasteiger partial charge in [-0.3, -0.25) is 9.59 Å². The zero-order valence-electron chi connectivity index (χ0n) is 17.5. The molecule has 1 fully saturated rings. The molecule has 2 aromatic rings. The highest BCUT2D eigenvalue weighted by atomic mass is 32.1. The molecule has 0 bridgehead atoms. The van der Waals surface area contributed by atoms with E-state index in [1.165, 1.54) is 6.92 Å². The Morgan fingerprint density at radius 2 is 1.90 bits per heavy atom. The highest BCUT2D eigenvalue weighted by Crippen LogP contribution is 2.40. The summed E-state index contributed by atoms with van der Waals surface area (Å²) in [7, 11) is 0. The Hall–Kier alpha value is -2.95. The monoisotopic (exact) mass is 452 g/mol. The number of aromatic nitrogens is 2. The van der Waals surface area contributed by atoms with Crippen LogP contribution >= 0.6 is 11.3 Å². The van der Waals surface area contributed by atoms with Crippen LogP contribution in [0, 0.1) is 24.2 Å². The second kappa shape index (κ2) is 8.66. The second-order valence-electron chi connectivity index (χ2n) is 7.79. The largest absolute Gasteiger partial charge is 0.459 e. The number of nitrogens with zero attached hydrogens (tertiary/aromatic N) is 3. The Morgan fingerprint density at radius 1 is 1.26 bits per heavy atom. The number of hydrogen-bond donors (Lipinski definition) is 1. The zero-order valence-corrected chi connectivity index (χ0v) is 18.3. The molecule has 1 aliphatic carbocycles. The van der Waals surface area contributed by atoms with Crippen LogP contribution in [0.25, 0.3) is 0 Å². The first kappa shape index (κ1) is 22.7. The maximum absolute atomic E-state index is 13.7. The van der Waals surface area contributed by atoms with Gasteiger partial charge in [0.15, 0.2) is 5.13 Å². The number of rotatable bonds is 5. The highest BCUT2D eigenvalue weighted by molar-refractivity contribution is 7.16. The van der Waals surface area contributed by atoms with Gasteiger partial charge in [-0.1, -0.05) is 13.8 Å². The van der Waals surface area contributed by atoms with E-state index in [4.69, 9.17) is 4.74 Å². The molecule has 1 aliphatic rings. The number of carbonyl (C=O) groups is 3. The van der Waals surface area contributed by atoms with Crippen molar-refractivity contribution in [3.05, 3.63) is 34.6 Å². The highest BCUT2D eigenvalue weighted by Gasteiger charge is 2.40. The number of esters is 1. The number of thiazole rings is 1. The first-order chi connectivity index (χ1) is 14.5. The number of amides is 2. The predicted octanol–water partition coefficient (Wildman–Crippen LogP) is 3.27. The van der Waals surface area contributed by atoms with Crippen LogP contribution < -0.4 is 10.2 Å². The first-order valence-electron chi connectivity index (χ1n) is 9.66. The number of aryl methyl sites for hydroxylation is 1. The maximum Gasteiger partial charge on any atom is 0.397 e. The van der Waals surface area contributed by atoms with Gasteiger partial charge in [-0.05, 0) is 32.1 Å². The Bertz CT molecular complexity index is 1020. The Labute approximate surface area is 181 Å². The summed E-state index contributed by atoms with van der Waals surface area (Å²) >= 11 is 0.934. The fraction of sp³-hybridized carbons (Fsp3) is 0.450. The van der Waals surface area contributed by atoms with E-state index in [0.29, 0.717) is 9.78 Å². The normalized spacial score (nSPS) is 16.9. The average molecular weight is 452 g/mol. The number of ether oxygens (including phenoxy) is 1. The topological polar surface area (TPSA) is 101 Å². The molecule has 31 heavy (non-hydrogen) atoms. The molecule has 0 spiro atoms. The standard InChI is InChI=1S/C20H22F2N4O4S/c1-5-30-18(29)17(28)26(11-8-13(21)24-14(22)9-11)19-25-15(10(2)31-19)16(27)23-12-6-7-20(12,3)4/h8-9,12H,5-7H2,1-4H3,(H,23,27). The van der Waals surface area contributed by atoms with Crippen molar-refractivity contribution in [3.63, 3.8) is 0 Å². The SMILES string of the molecule is CCOC(=O)C(=O)N(c1cc(F)nc(F)c1)c1nc(C(=O)NC2CCC2(C)C)c(C)s1. The van der Waals surface area contributed by atoms with Crippen molar-refractivity contribution in [1.29, 1.82) is 0 Å². The molecule has 2 heterocycles. The van der Waals surface area contributed by atoms with E-state index in [0.717, 1.165) is 36.3 Å². The van der Waals surface area contributed by atoms with Crippen LogP contribution in [0.15, 0.2) is 12.1 Å². The molecule has 1 unspecified atom stereocenters. The van der Waals surface area contributed by atoms with Gasteiger partial charge in [0.2, 0.25) is 11.9 Å². The Morgan fingerprint density at radius 3 is 2.42 bits per heavy atom. The third kappa shape index (κ3) is 4.71. The maximum atomic E-state index is 13.7. The lowest BCUT2D eigenvalue weighted by Gasteiger charge is -2.44. The van der Waals surface area contributed by atoms with Gasteiger partial charge in [-0.15, -0.1) is 11.3 Å². The smallest absolute Gasteiger partial charge is 0.397 e. The minimum absolute atomic E-state index is 0.00907. The van der Waals surface area contributed by atoms with Crippen molar-refractivity contribution in [2.45, 2.75) is 46.6 Å². The second-order valence-corrected chi connectivity index (χ2v) is 8.97. The number of pyridine rings is 1. The van der Waals surface area contributed by atoms with Crippen molar-refractivity contribution in [2.75, 3.05) is 11.5 Å². The van der Waals surface area contributed by atoms with Gasteiger partial charge >= 0.3 is 11.9 Å². The van der Waals surface area contributed by atoms with Gasteiger partial charge in [-0.25, -0.2) is 14.7 Å². The third-order valence-electron chi connectivity index (χ3n) is 5.18. The van der Waals surface area contributed by atoms with E-state index in [1.807, 2.05) is 13.8 Å². The van der Waals surface area contributed by atoms with E-state index < -0.39 is 29.7 Å². The van der Waals surface area contributed by atoms with E-state index in [9.17, 15) is 23.2 Å². The molecule has 0 aromatic carbocycles. The van der Waals surface area contributed by atoms with Gasteiger partial charge in [0.25, 0.3) is 5.91 Å². The molecule has 1 saturated carbocycles. The molecule has 11 heteroatoms. The van der Waals surface area contributed by atoms with Crippen molar-refractivity contribution in [2.24, 2.45) is 5.41 Å². The van der Waals surface area contributed by atoms with Crippen molar-refractivity contribution in [1.82, 2.24) is 15.3 Å².